The van der Waals surface area contributed by atoms with Crippen LogP contribution in [-0.2, 0) is 55.3 Å². The van der Waals surface area contributed by atoms with Crippen LogP contribution in [0.3, 0.4) is 0 Å². The number of aliphatic hydroxyl groups is 1. The third kappa shape index (κ3) is 6.58. The minimum atomic E-state index is -0.550. The maximum absolute atomic E-state index is 12.7. The molecule has 4 nitrogen and oxygen atoms in total. The van der Waals surface area contributed by atoms with Gasteiger partial charge in [0, 0.05) is 67.6 Å². The molecule has 2 unspecified atom stereocenters. The molecule has 1 saturated heterocycles. The summed E-state index contributed by atoms with van der Waals surface area (Å²) in [4.78, 5) is 17.0. The van der Waals surface area contributed by atoms with Crippen LogP contribution >= 0.6 is 11.3 Å². The molecule has 1 aliphatic rings. The van der Waals surface area contributed by atoms with Crippen LogP contribution in [0.4, 0.5) is 5.69 Å². The Balaban J connectivity index is 0.00000289. The zero-order valence-corrected chi connectivity index (χ0v) is 22.0. The van der Waals surface area contributed by atoms with E-state index >= 15 is 0 Å². The van der Waals surface area contributed by atoms with Crippen LogP contribution in [0.5, 0.6) is 0 Å². The van der Waals surface area contributed by atoms with Crippen molar-refractivity contribution in [1.82, 2.24) is 0 Å². The van der Waals surface area contributed by atoms with Crippen LogP contribution in [0.15, 0.2) is 60.7 Å². The van der Waals surface area contributed by atoms with Gasteiger partial charge in [0.05, 0.1) is 18.8 Å². The Morgan fingerprint density at radius 2 is 2.03 bits per heavy atom. The van der Waals surface area contributed by atoms with E-state index in [1.807, 2.05) is 53.4 Å². The molecule has 3 aromatic rings. The van der Waals surface area contributed by atoms with Crippen molar-refractivity contribution in [1.29, 1.82) is 0 Å². The monoisotopic (exact) mass is 523 g/mol. The van der Waals surface area contributed by atoms with Crippen LogP contribution in [0.2, 0.25) is 0 Å². The van der Waals surface area contributed by atoms with Crippen molar-refractivity contribution in [2.45, 2.75) is 51.4 Å². The molecule has 0 saturated carbocycles. The van der Waals surface area contributed by atoms with Gasteiger partial charge < -0.3 is 14.7 Å². The number of hydrogen-bond acceptors (Lipinski definition) is 4. The molecule has 1 fully saturated rings. The fourth-order valence-corrected chi connectivity index (χ4v) is 4.98. The molecule has 2 atom stereocenters. The SMILES string of the molecule is Cc1ccc(CC(O)c2ccc(N3C(=O)CCCC3COCc3c[c-]ccc3)cc2)s1.[Y]. The summed E-state index contributed by atoms with van der Waals surface area (Å²) in [5, 5.41) is 10.6. The molecule has 32 heavy (non-hydrogen) atoms. The predicted octanol–water partition coefficient (Wildman–Crippen LogP) is 5.23. The van der Waals surface area contributed by atoms with Crippen molar-refractivity contribution in [3.63, 3.8) is 0 Å². The van der Waals surface area contributed by atoms with Crippen molar-refractivity contribution in [2.24, 2.45) is 0 Å². The fraction of sp³-hybridized carbons (Fsp3) is 0.346. The number of benzene rings is 2. The van der Waals surface area contributed by atoms with E-state index in [4.69, 9.17) is 4.74 Å². The zero-order valence-electron chi connectivity index (χ0n) is 18.4. The Morgan fingerprint density at radius 1 is 1.22 bits per heavy atom. The van der Waals surface area contributed by atoms with Crippen LogP contribution in [-0.4, -0.2) is 23.7 Å². The van der Waals surface area contributed by atoms with Gasteiger partial charge in [-0.15, -0.1) is 16.9 Å². The zero-order chi connectivity index (χ0) is 21.6. The fourth-order valence-electron chi connectivity index (χ4n) is 4.05. The van der Waals surface area contributed by atoms with Crippen molar-refractivity contribution < 1.29 is 47.3 Å². The van der Waals surface area contributed by atoms with Crippen LogP contribution < -0.4 is 4.90 Å². The summed E-state index contributed by atoms with van der Waals surface area (Å²) < 4.78 is 5.94. The third-order valence-corrected chi connectivity index (χ3v) is 6.68. The molecule has 2 aromatic carbocycles. The summed E-state index contributed by atoms with van der Waals surface area (Å²) in [6.07, 6.45) is 2.43. The molecule has 0 spiro atoms. The van der Waals surface area contributed by atoms with E-state index in [0.29, 0.717) is 26.1 Å². The van der Waals surface area contributed by atoms with Gasteiger partial charge in [-0.25, -0.2) is 0 Å². The van der Waals surface area contributed by atoms with Gasteiger partial charge in [-0.1, -0.05) is 12.1 Å². The van der Waals surface area contributed by atoms with Gasteiger partial charge in [0.15, 0.2) is 0 Å². The summed E-state index contributed by atoms with van der Waals surface area (Å²) in [5.41, 5.74) is 2.82. The molecule has 0 bridgehead atoms. The molecular weight excluding hydrogens is 495 g/mol. The molecule has 2 heterocycles. The Kier molecular flexibility index (Phi) is 9.63. The third-order valence-electron chi connectivity index (χ3n) is 5.66. The molecule has 1 radical (unpaired) electrons. The topological polar surface area (TPSA) is 49.8 Å². The molecule has 1 aliphatic heterocycles. The number of carbonyl (C=O) groups is 1. The van der Waals surface area contributed by atoms with Gasteiger partial charge in [-0.2, -0.15) is 30.3 Å². The van der Waals surface area contributed by atoms with E-state index < -0.39 is 6.10 Å². The predicted molar refractivity (Wildman–Crippen MR) is 124 cm³/mol. The number of ether oxygens (including phenoxy) is 1. The van der Waals surface area contributed by atoms with Crippen molar-refractivity contribution in [3.05, 3.63) is 87.6 Å². The van der Waals surface area contributed by atoms with Gasteiger partial charge in [-0.3, -0.25) is 4.79 Å². The molecule has 1 aromatic heterocycles. The second-order valence-corrected chi connectivity index (χ2v) is 9.43. The molecular formula is C26H28NO3SY-. The van der Waals surface area contributed by atoms with E-state index in [2.05, 4.69) is 25.1 Å². The molecule has 1 amide bonds. The Labute approximate surface area is 219 Å². The number of aliphatic hydroxyl groups excluding tert-OH is 1. The van der Waals surface area contributed by atoms with Gasteiger partial charge in [0.2, 0.25) is 5.91 Å². The maximum atomic E-state index is 12.7. The minimum absolute atomic E-state index is 0. The summed E-state index contributed by atoms with van der Waals surface area (Å²) >= 11 is 1.71. The first kappa shape index (κ1) is 25.3. The maximum Gasteiger partial charge on any atom is 0.227 e. The van der Waals surface area contributed by atoms with Crippen LogP contribution in [0.25, 0.3) is 0 Å². The number of carbonyl (C=O) groups excluding carboxylic acids is 1. The van der Waals surface area contributed by atoms with Gasteiger partial charge in [0.1, 0.15) is 0 Å². The number of anilines is 1. The summed E-state index contributed by atoms with van der Waals surface area (Å²) in [6.45, 7) is 3.09. The number of hydrogen-bond donors (Lipinski definition) is 1. The first-order valence-corrected chi connectivity index (χ1v) is 11.6. The average Bonchev–Trinajstić information content (AvgIpc) is 3.19. The number of aryl methyl sites for hydroxylation is 1. The van der Waals surface area contributed by atoms with E-state index in [1.54, 1.807) is 11.3 Å². The molecule has 165 valence electrons. The van der Waals surface area contributed by atoms with Crippen molar-refractivity contribution >= 4 is 22.9 Å². The second kappa shape index (κ2) is 12.2. The number of thiophene rings is 1. The number of amides is 1. The number of piperidine rings is 1. The standard InChI is InChI=1S/C26H28NO3S.Y/c1-19-10-15-24(31-19)16-25(28)21-11-13-22(14-12-21)27-23(8-5-9-26(27)29)18-30-17-20-6-3-2-4-7-20;/h2-3,6-7,10-15,23,25,28H,5,8-9,16-18H2,1H3;/q-1;. The number of rotatable bonds is 8. The molecule has 0 aliphatic carbocycles. The Hall–Kier alpha value is -1.37. The number of nitrogens with zero attached hydrogens (tertiary/aromatic N) is 1. The van der Waals surface area contributed by atoms with E-state index in [-0.39, 0.29) is 44.7 Å². The first-order valence-electron chi connectivity index (χ1n) is 10.8. The Bertz CT molecular complexity index is 990. The van der Waals surface area contributed by atoms with E-state index in [0.717, 1.165) is 29.7 Å². The normalized spacial score (nSPS) is 17.1. The van der Waals surface area contributed by atoms with Crippen LogP contribution in [0.1, 0.15) is 46.2 Å². The molecule has 4 rings (SSSR count). The average molecular weight is 523 g/mol. The Morgan fingerprint density at radius 3 is 2.72 bits per heavy atom. The van der Waals surface area contributed by atoms with Gasteiger partial charge in [-0.05, 0) is 49.6 Å². The second-order valence-electron chi connectivity index (χ2n) is 8.06. The summed E-state index contributed by atoms with van der Waals surface area (Å²) in [5.74, 6) is 0.134. The summed E-state index contributed by atoms with van der Waals surface area (Å²) in [7, 11) is 0. The summed E-state index contributed by atoms with van der Waals surface area (Å²) in [6, 6.07) is 22.7. The van der Waals surface area contributed by atoms with Crippen molar-refractivity contribution in [3.8, 4) is 0 Å². The molecule has 6 heteroatoms. The smallest absolute Gasteiger partial charge is 0.227 e. The quantitative estimate of drug-likeness (QED) is 0.412. The van der Waals surface area contributed by atoms with E-state index in [9.17, 15) is 9.90 Å². The molecule has 1 N–H and O–H groups in total. The van der Waals surface area contributed by atoms with Gasteiger partial charge in [0.25, 0.3) is 0 Å². The largest absolute Gasteiger partial charge is 0.388 e. The van der Waals surface area contributed by atoms with E-state index in [1.165, 1.54) is 9.75 Å². The first-order chi connectivity index (χ1) is 15.1. The van der Waals surface area contributed by atoms with Crippen LogP contribution in [0, 0.1) is 13.0 Å². The van der Waals surface area contributed by atoms with Gasteiger partial charge >= 0.3 is 0 Å². The minimum Gasteiger partial charge on any atom is -0.388 e. The van der Waals surface area contributed by atoms with Crippen molar-refractivity contribution in [2.75, 3.05) is 11.5 Å².